The van der Waals surface area contributed by atoms with Crippen LogP contribution in [0.4, 0.5) is 0 Å². The fraction of sp³-hybridized carbons (Fsp3) is 0.333. The summed E-state index contributed by atoms with van der Waals surface area (Å²) in [6, 6.07) is 20.8. The van der Waals surface area contributed by atoms with Gasteiger partial charge in [0.2, 0.25) is 0 Å². The molecule has 0 saturated carbocycles. The molecule has 28 heavy (non-hydrogen) atoms. The molecule has 4 nitrogen and oxygen atoms in total. The van der Waals surface area contributed by atoms with Gasteiger partial charge in [-0.2, -0.15) is 0 Å². The molecule has 0 amide bonds. The van der Waals surface area contributed by atoms with Crippen molar-refractivity contribution in [3.05, 3.63) is 100 Å². The van der Waals surface area contributed by atoms with E-state index in [-0.39, 0.29) is 11.6 Å². The Morgan fingerprint density at radius 2 is 1.79 bits per heavy atom. The van der Waals surface area contributed by atoms with Gasteiger partial charge in [-0.1, -0.05) is 42.5 Å². The highest BCUT2D eigenvalue weighted by Crippen LogP contribution is 2.42. The molecule has 2 aromatic heterocycles. The van der Waals surface area contributed by atoms with Gasteiger partial charge in [0.15, 0.2) is 0 Å². The standard InChI is InChI=1S/C24H25N3O/c28-24-10-4-9-22-20-13-21(17-26(16-20)15-19-8-5-11-25-14-19)23(27(22)24)12-18-6-2-1-3-7-18/h1-11,14,20-21,23H,12-13,15-17H2/t20-,21+,23+/m1/s1. The number of nitrogens with zero attached hydrogens (tertiary/aromatic N) is 3. The predicted octanol–water partition coefficient (Wildman–Crippen LogP) is 3.65. The molecule has 0 spiro atoms. The number of hydrogen-bond acceptors (Lipinski definition) is 3. The van der Waals surface area contributed by atoms with E-state index in [1.807, 2.05) is 24.5 Å². The quantitative estimate of drug-likeness (QED) is 0.703. The van der Waals surface area contributed by atoms with Crippen molar-refractivity contribution in [2.75, 3.05) is 13.1 Å². The van der Waals surface area contributed by atoms with E-state index in [1.54, 1.807) is 6.07 Å². The lowest BCUT2D eigenvalue weighted by molar-refractivity contribution is 0.0852. The first-order valence-electron chi connectivity index (χ1n) is 10.1. The summed E-state index contributed by atoms with van der Waals surface area (Å²) in [6.07, 6.45) is 5.87. The van der Waals surface area contributed by atoms with E-state index in [4.69, 9.17) is 0 Å². The maximum absolute atomic E-state index is 12.8. The fourth-order valence-corrected chi connectivity index (χ4v) is 5.13. The molecule has 0 unspecified atom stereocenters. The van der Waals surface area contributed by atoms with Crippen molar-refractivity contribution in [2.45, 2.75) is 31.3 Å². The summed E-state index contributed by atoms with van der Waals surface area (Å²) in [7, 11) is 0. The van der Waals surface area contributed by atoms with Gasteiger partial charge in [-0.05, 0) is 42.0 Å². The number of fused-ring (bicyclic) bond motifs is 4. The molecule has 142 valence electrons. The van der Waals surface area contributed by atoms with Gasteiger partial charge >= 0.3 is 0 Å². The minimum absolute atomic E-state index is 0.147. The molecule has 5 rings (SSSR count). The number of likely N-dealkylation sites (tertiary alicyclic amines) is 1. The third kappa shape index (κ3) is 3.29. The fourth-order valence-electron chi connectivity index (χ4n) is 5.13. The number of benzene rings is 1. The van der Waals surface area contributed by atoms with Crippen molar-refractivity contribution < 1.29 is 0 Å². The van der Waals surface area contributed by atoms with E-state index in [9.17, 15) is 4.79 Å². The van der Waals surface area contributed by atoms with Gasteiger partial charge in [0.1, 0.15) is 0 Å². The molecule has 1 saturated heterocycles. The number of hydrogen-bond donors (Lipinski definition) is 0. The van der Waals surface area contributed by atoms with Gasteiger partial charge in [0, 0.05) is 55.7 Å². The van der Waals surface area contributed by atoms with Crippen LogP contribution >= 0.6 is 0 Å². The number of aromatic nitrogens is 2. The molecule has 0 radical (unpaired) electrons. The monoisotopic (exact) mass is 371 g/mol. The first-order chi connectivity index (χ1) is 13.8. The molecule has 2 aliphatic heterocycles. The number of piperidine rings is 1. The van der Waals surface area contributed by atoms with Crippen molar-refractivity contribution in [1.29, 1.82) is 0 Å². The van der Waals surface area contributed by atoms with E-state index in [1.165, 1.54) is 23.2 Å². The summed E-state index contributed by atoms with van der Waals surface area (Å²) in [5, 5.41) is 0. The average Bonchev–Trinajstić information content (AvgIpc) is 2.73. The van der Waals surface area contributed by atoms with Gasteiger partial charge in [-0.15, -0.1) is 0 Å². The van der Waals surface area contributed by atoms with Crippen LogP contribution in [0.5, 0.6) is 0 Å². The lowest BCUT2D eigenvalue weighted by Gasteiger charge is -2.47. The van der Waals surface area contributed by atoms with Crippen LogP contribution in [-0.2, 0) is 13.0 Å². The molecule has 2 aliphatic rings. The summed E-state index contributed by atoms with van der Waals surface area (Å²) in [5.74, 6) is 0.916. The maximum Gasteiger partial charge on any atom is 0.251 e. The second-order valence-corrected chi connectivity index (χ2v) is 8.16. The zero-order valence-corrected chi connectivity index (χ0v) is 15.9. The van der Waals surface area contributed by atoms with Gasteiger partial charge < -0.3 is 4.57 Å². The topological polar surface area (TPSA) is 38.1 Å². The van der Waals surface area contributed by atoms with Gasteiger partial charge in [-0.25, -0.2) is 0 Å². The Labute approximate surface area is 165 Å². The van der Waals surface area contributed by atoms with E-state index in [0.717, 1.165) is 26.1 Å². The zero-order chi connectivity index (χ0) is 18.9. The van der Waals surface area contributed by atoms with Crippen LogP contribution in [0.15, 0.2) is 77.9 Å². The Bertz CT molecular complexity index is 999. The molecule has 2 bridgehead atoms. The van der Waals surface area contributed by atoms with Crippen LogP contribution in [-0.4, -0.2) is 27.5 Å². The second-order valence-electron chi connectivity index (χ2n) is 8.16. The summed E-state index contributed by atoms with van der Waals surface area (Å²) in [4.78, 5) is 19.6. The SMILES string of the molecule is O=c1cccc2n1[C@@H](Cc1ccccc1)[C@H]1C[C@@H]2CN(Cc2cccnc2)C1. The number of pyridine rings is 2. The molecule has 4 heterocycles. The van der Waals surface area contributed by atoms with Gasteiger partial charge in [0.05, 0.1) is 0 Å². The minimum atomic E-state index is 0.147. The highest BCUT2D eigenvalue weighted by molar-refractivity contribution is 5.23. The molecular weight excluding hydrogens is 346 g/mol. The smallest absolute Gasteiger partial charge is 0.251 e. The predicted molar refractivity (Wildman–Crippen MR) is 110 cm³/mol. The van der Waals surface area contributed by atoms with E-state index in [0.29, 0.717) is 11.8 Å². The summed E-state index contributed by atoms with van der Waals surface area (Å²) < 4.78 is 2.10. The molecule has 4 heteroatoms. The Morgan fingerprint density at radius 1 is 0.929 bits per heavy atom. The van der Waals surface area contributed by atoms with Crippen LogP contribution < -0.4 is 5.56 Å². The summed E-state index contributed by atoms with van der Waals surface area (Å²) in [6.45, 7) is 2.96. The molecule has 3 aromatic rings. The molecule has 0 aliphatic carbocycles. The first-order valence-corrected chi connectivity index (χ1v) is 10.1. The van der Waals surface area contributed by atoms with Crippen molar-refractivity contribution >= 4 is 0 Å². The first kappa shape index (κ1) is 17.4. The summed E-state index contributed by atoms with van der Waals surface area (Å²) >= 11 is 0. The average molecular weight is 371 g/mol. The third-order valence-electron chi connectivity index (χ3n) is 6.29. The van der Waals surface area contributed by atoms with E-state index in [2.05, 4.69) is 56.9 Å². The molecular formula is C24H25N3O. The van der Waals surface area contributed by atoms with Crippen molar-refractivity contribution in [1.82, 2.24) is 14.5 Å². The van der Waals surface area contributed by atoms with Gasteiger partial charge in [0.25, 0.3) is 5.56 Å². The summed E-state index contributed by atoms with van der Waals surface area (Å²) in [5.41, 5.74) is 3.92. The van der Waals surface area contributed by atoms with Crippen LogP contribution in [0.3, 0.4) is 0 Å². The Kier molecular flexibility index (Phi) is 4.57. The zero-order valence-electron chi connectivity index (χ0n) is 15.9. The molecule has 1 fully saturated rings. The Morgan fingerprint density at radius 3 is 2.61 bits per heavy atom. The highest BCUT2D eigenvalue weighted by Gasteiger charge is 2.40. The van der Waals surface area contributed by atoms with Gasteiger partial charge in [-0.3, -0.25) is 14.7 Å². The Hall–Kier alpha value is -2.72. The van der Waals surface area contributed by atoms with Crippen LogP contribution in [0.2, 0.25) is 0 Å². The lowest BCUT2D eigenvalue weighted by atomic mass is 9.76. The molecule has 3 atom stereocenters. The largest absolute Gasteiger partial charge is 0.309 e. The highest BCUT2D eigenvalue weighted by atomic mass is 16.1. The normalized spacial score (nSPS) is 23.9. The van der Waals surface area contributed by atoms with Crippen molar-refractivity contribution in [3.63, 3.8) is 0 Å². The second kappa shape index (κ2) is 7.36. The lowest BCUT2D eigenvalue weighted by Crippen LogP contribution is -2.49. The van der Waals surface area contributed by atoms with Crippen LogP contribution in [0.25, 0.3) is 0 Å². The Balaban J connectivity index is 1.48. The van der Waals surface area contributed by atoms with Crippen LogP contribution in [0.1, 0.15) is 35.2 Å². The van der Waals surface area contributed by atoms with E-state index < -0.39 is 0 Å². The molecule has 1 aromatic carbocycles. The maximum atomic E-state index is 12.8. The van der Waals surface area contributed by atoms with Crippen LogP contribution in [0, 0.1) is 5.92 Å². The third-order valence-corrected chi connectivity index (χ3v) is 6.29. The van der Waals surface area contributed by atoms with Crippen molar-refractivity contribution in [2.24, 2.45) is 5.92 Å². The number of rotatable bonds is 4. The minimum Gasteiger partial charge on any atom is -0.309 e. The van der Waals surface area contributed by atoms with E-state index >= 15 is 0 Å². The van der Waals surface area contributed by atoms with Crippen molar-refractivity contribution in [3.8, 4) is 0 Å². The molecule has 0 N–H and O–H groups in total.